The van der Waals surface area contributed by atoms with Crippen LogP contribution in [0.5, 0.6) is 0 Å². The van der Waals surface area contributed by atoms with Gasteiger partial charge in [-0.05, 0) is 24.1 Å². The summed E-state index contributed by atoms with van der Waals surface area (Å²) in [6.45, 7) is 5.38. The molecule has 0 N–H and O–H groups in total. The van der Waals surface area contributed by atoms with Crippen LogP contribution in [0.1, 0.15) is 5.56 Å². The molecular weight excluding hydrogens is 241 g/mol. The zero-order valence-corrected chi connectivity index (χ0v) is 10.8. The standard InChI is InChI=1S/C13H17Cl2N/c1-2-3-12-4-6-13(7-5-12)16(10-8-14)11-9-15/h2,4-7H,1,3,8-11H2. The second-order valence-corrected chi connectivity index (χ2v) is 4.28. The van der Waals surface area contributed by atoms with Gasteiger partial charge in [-0.1, -0.05) is 18.2 Å². The Balaban J connectivity index is 2.72. The molecule has 88 valence electrons. The van der Waals surface area contributed by atoms with E-state index in [1.54, 1.807) is 0 Å². The highest BCUT2D eigenvalue weighted by atomic mass is 35.5. The lowest BCUT2D eigenvalue weighted by atomic mass is 10.1. The van der Waals surface area contributed by atoms with Gasteiger partial charge >= 0.3 is 0 Å². The molecule has 0 bridgehead atoms. The fourth-order valence-corrected chi connectivity index (χ4v) is 1.99. The third-order valence-electron chi connectivity index (χ3n) is 2.39. The molecule has 0 saturated carbocycles. The summed E-state index contributed by atoms with van der Waals surface area (Å²) in [5.74, 6) is 1.23. The van der Waals surface area contributed by atoms with Crippen molar-refractivity contribution in [1.29, 1.82) is 0 Å². The van der Waals surface area contributed by atoms with E-state index in [0.717, 1.165) is 19.5 Å². The minimum Gasteiger partial charge on any atom is -0.369 e. The zero-order chi connectivity index (χ0) is 11.8. The molecule has 0 aliphatic rings. The molecule has 1 aromatic carbocycles. The second kappa shape index (κ2) is 7.59. The maximum Gasteiger partial charge on any atom is 0.0399 e. The third kappa shape index (κ3) is 4.07. The van der Waals surface area contributed by atoms with E-state index in [-0.39, 0.29) is 0 Å². The summed E-state index contributed by atoms with van der Waals surface area (Å²) in [7, 11) is 0. The quantitative estimate of drug-likeness (QED) is 0.532. The van der Waals surface area contributed by atoms with Crippen molar-refractivity contribution in [2.45, 2.75) is 6.42 Å². The van der Waals surface area contributed by atoms with Crippen molar-refractivity contribution >= 4 is 28.9 Å². The minimum atomic E-state index is 0.616. The van der Waals surface area contributed by atoms with Gasteiger partial charge in [-0.2, -0.15) is 0 Å². The van der Waals surface area contributed by atoms with Crippen LogP contribution < -0.4 is 4.90 Å². The molecule has 0 atom stereocenters. The van der Waals surface area contributed by atoms with E-state index in [1.807, 2.05) is 6.08 Å². The van der Waals surface area contributed by atoms with E-state index in [4.69, 9.17) is 23.2 Å². The van der Waals surface area contributed by atoms with Gasteiger partial charge in [0.25, 0.3) is 0 Å². The fraction of sp³-hybridized carbons (Fsp3) is 0.385. The number of alkyl halides is 2. The summed E-state index contributed by atoms with van der Waals surface area (Å²) < 4.78 is 0. The monoisotopic (exact) mass is 257 g/mol. The second-order valence-electron chi connectivity index (χ2n) is 3.52. The molecule has 0 unspecified atom stereocenters. The van der Waals surface area contributed by atoms with Gasteiger partial charge < -0.3 is 4.90 Å². The van der Waals surface area contributed by atoms with E-state index in [9.17, 15) is 0 Å². The summed E-state index contributed by atoms with van der Waals surface area (Å²) in [6, 6.07) is 8.45. The van der Waals surface area contributed by atoms with Crippen LogP contribution in [0.25, 0.3) is 0 Å². The van der Waals surface area contributed by atoms with Crippen LogP contribution >= 0.6 is 23.2 Å². The average molecular weight is 258 g/mol. The van der Waals surface area contributed by atoms with Crippen LogP contribution in [-0.4, -0.2) is 24.8 Å². The summed E-state index contributed by atoms with van der Waals surface area (Å²) in [6.07, 6.45) is 2.82. The number of rotatable bonds is 7. The highest BCUT2D eigenvalue weighted by Crippen LogP contribution is 2.16. The molecule has 0 aliphatic heterocycles. The molecule has 0 fully saturated rings. The summed E-state index contributed by atoms with van der Waals surface area (Å²) in [5.41, 5.74) is 2.45. The number of halogens is 2. The Labute approximate surface area is 108 Å². The van der Waals surface area contributed by atoms with Crippen LogP contribution in [0, 0.1) is 0 Å². The first kappa shape index (κ1) is 13.4. The molecule has 0 spiro atoms. The van der Waals surface area contributed by atoms with Gasteiger partial charge in [-0.15, -0.1) is 29.8 Å². The maximum absolute atomic E-state index is 5.76. The van der Waals surface area contributed by atoms with Crippen molar-refractivity contribution in [2.24, 2.45) is 0 Å². The van der Waals surface area contributed by atoms with Crippen molar-refractivity contribution < 1.29 is 0 Å². The van der Waals surface area contributed by atoms with E-state index < -0.39 is 0 Å². The minimum absolute atomic E-state index is 0.616. The average Bonchev–Trinajstić information content (AvgIpc) is 2.30. The largest absolute Gasteiger partial charge is 0.369 e. The number of benzene rings is 1. The van der Waals surface area contributed by atoms with Gasteiger partial charge in [0, 0.05) is 30.5 Å². The molecule has 0 amide bonds. The number of anilines is 1. The van der Waals surface area contributed by atoms with Gasteiger partial charge in [0.1, 0.15) is 0 Å². The van der Waals surface area contributed by atoms with Gasteiger partial charge in [0.2, 0.25) is 0 Å². The van der Waals surface area contributed by atoms with E-state index >= 15 is 0 Å². The molecule has 0 saturated heterocycles. The number of nitrogens with zero attached hydrogens (tertiary/aromatic N) is 1. The molecule has 3 heteroatoms. The smallest absolute Gasteiger partial charge is 0.0399 e. The van der Waals surface area contributed by atoms with E-state index in [1.165, 1.54) is 11.3 Å². The molecule has 1 nitrogen and oxygen atoms in total. The maximum atomic E-state index is 5.76. The van der Waals surface area contributed by atoms with E-state index in [2.05, 4.69) is 35.7 Å². The lowest BCUT2D eigenvalue weighted by molar-refractivity contribution is 0.873. The van der Waals surface area contributed by atoms with Crippen molar-refractivity contribution in [1.82, 2.24) is 0 Å². The van der Waals surface area contributed by atoms with Gasteiger partial charge in [0.05, 0.1) is 0 Å². The molecule has 16 heavy (non-hydrogen) atoms. The number of hydrogen-bond acceptors (Lipinski definition) is 1. The topological polar surface area (TPSA) is 3.24 Å². The van der Waals surface area contributed by atoms with Crippen molar-refractivity contribution in [3.05, 3.63) is 42.5 Å². The lowest BCUT2D eigenvalue weighted by Gasteiger charge is -2.22. The van der Waals surface area contributed by atoms with Crippen LogP contribution in [0.2, 0.25) is 0 Å². The molecule has 0 heterocycles. The summed E-state index contributed by atoms with van der Waals surface area (Å²) in [4.78, 5) is 2.19. The Bertz CT molecular complexity index is 302. The normalized spacial score (nSPS) is 10.1. The Morgan fingerprint density at radius 1 is 1.06 bits per heavy atom. The molecule has 1 rings (SSSR count). The van der Waals surface area contributed by atoms with Crippen LogP contribution in [0.3, 0.4) is 0 Å². The Hall–Kier alpha value is -0.660. The van der Waals surface area contributed by atoms with Gasteiger partial charge in [-0.25, -0.2) is 0 Å². The van der Waals surface area contributed by atoms with Gasteiger partial charge in [-0.3, -0.25) is 0 Å². The number of hydrogen-bond donors (Lipinski definition) is 0. The fourth-order valence-electron chi connectivity index (χ4n) is 1.58. The first-order chi connectivity index (χ1) is 7.81. The van der Waals surface area contributed by atoms with Crippen LogP contribution in [-0.2, 0) is 6.42 Å². The first-order valence-electron chi connectivity index (χ1n) is 5.38. The van der Waals surface area contributed by atoms with E-state index in [0.29, 0.717) is 11.8 Å². The summed E-state index contributed by atoms with van der Waals surface area (Å²) >= 11 is 11.5. The highest BCUT2D eigenvalue weighted by molar-refractivity contribution is 6.18. The Morgan fingerprint density at radius 3 is 2.06 bits per heavy atom. The predicted molar refractivity (Wildman–Crippen MR) is 74.0 cm³/mol. The van der Waals surface area contributed by atoms with Crippen molar-refractivity contribution in [3.63, 3.8) is 0 Å². The predicted octanol–water partition coefficient (Wildman–Crippen LogP) is 3.70. The zero-order valence-electron chi connectivity index (χ0n) is 9.33. The van der Waals surface area contributed by atoms with Crippen LogP contribution in [0.15, 0.2) is 36.9 Å². The van der Waals surface area contributed by atoms with Gasteiger partial charge in [0.15, 0.2) is 0 Å². The molecular formula is C13H17Cl2N. The molecule has 1 aromatic rings. The van der Waals surface area contributed by atoms with Crippen LogP contribution in [0.4, 0.5) is 5.69 Å². The summed E-state index contributed by atoms with van der Waals surface area (Å²) in [5, 5.41) is 0. The lowest BCUT2D eigenvalue weighted by Crippen LogP contribution is -2.27. The SMILES string of the molecule is C=CCc1ccc(N(CCCl)CCCl)cc1. The Kier molecular flexibility index (Phi) is 6.36. The highest BCUT2D eigenvalue weighted by Gasteiger charge is 2.04. The molecule has 0 aliphatic carbocycles. The van der Waals surface area contributed by atoms with Crippen molar-refractivity contribution in [3.8, 4) is 0 Å². The molecule has 0 radical (unpaired) electrons. The Morgan fingerprint density at radius 2 is 1.62 bits per heavy atom. The first-order valence-corrected chi connectivity index (χ1v) is 6.45. The number of allylic oxidation sites excluding steroid dienone is 1. The molecule has 0 aromatic heterocycles. The van der Waals surface area contributed by atoms with Crippen molar-refractivity contribution in [2.75, 3.05) is 29.7 Å². The third-order valence-corrected chi connectivity index (χ3v) is 2.73.